The molecule has 9 heteroatoms. The van der Waals surface area contributed by atoms with Gasteiger partial charge in [-0.3, -0.25) is 4.99 Å². The number of piperazine rings is 1. The Morgan fingerprint density at radius 1 is 1.21 bits per heavy atom. The van der Waals surface area contributed by atoms with E-state index in [1.54, 1.807) is 0 Å². The highest BCUT2D eigenvalue weighted by Crippen LogP contribution is 2.32. The Bertz CT molecular complexity index is 832. The molecule has 0 aliphatic carbocycles. The highest BCUT2D eigenvalue weighted by molar-refractivity contribution is 7.09. The van der Waals surface area contributed by atoms with Crippen molar-refractivity contribution in [3.8, 4) is 11.5 Å². The highest BCUT2D eigenvalue weighted by Gasteiger charge is 2.22. The lowest BCUT2D eigenvalue weighted by Gasteiger charge is -2.36. The van der Waals surface area contributed by atoms with Gasteiger partial charge in [0.15, 0.2) is 17.5 Å². The maximum atomic E-state index is 5.45. The third kappa shape index (κ3) is 4.14. The molecule has 1 aromatic heterocycles. The van der Waals surface area contributed by atoms with Gasteiger partial charge in [-0.2, -0.15) is 4.37 Å². The van der Waals surface area contributed by atoms with Gasteiger partial charge in [-0.1, -0.05) is 13.0 Å². The van der Waals surface area contributed by atoms with Gasteiger partial charge in [0.05, 0.1) is 0 Å². The average molecular weight is 403 g/mol. The summed E-state index contributed by atoms with van der Waals surface area (Å²) in [5, 5.41) is 4.51. The number of anilines is 1. The van der Waals surface area contributed by atoms with Gasteiger partial charge in [-0.15, -0.1) is 0 Å². The van der Waals surface area contributed by atoms with Crippen LogP contribution >= 0.6 is 11.5 Å². The number of aryl methyl sites for hydroxylation is 1. The molecule has 0 spiro atoms. The van der Waals surface area contributed by atoms with Crippen LogP contribution < -0.4 is 19.7 Å². The van der Waals surface area contributed by atoms with E-state index in [0.29, 0.717) is 6.79 Å². The van der Waals surface area contributed by atoms with E-state index in [-0.39, 0.29) is 0 Å². The molecule has 0 saturated carbocycles. The van der Waals surface area contributed by atoms with Crippen molar-refractivity contribution >= 4 is 22.6 Å². The SMILES string of the molecule is CCc1nsc(N2CCN(C(=NC)NCCc3ccc4c(c3)OCO4)CC2)n1. The van der Waals surface area contributed by atoms with Crippen LogP contribution in [0.25, 0.3) is 0 Å². The van der Waals surface area contributed by atoms with Crippen molar-refractivity contribution in [1.29, 1.82) is 0 Å². The van der Waals surface area contributed by atoms with Crippen LogP contribution in [0.3, 0.4) is 0 Å². The molecule has 2 aromatic rings. The van der Waals surface area contributed by atoms with Gasteiger partial charge in [-0.05, 0) is 24.1 Å². The van der Waals surface area contributed by atoms with E-state index in [1.807, 2.05) is 13.1 Å². The Morgan fingerprint density at radius 2 is 2.04 bits per heavy atom. The standard InChI is InChI=1S/C19H26N6O2S/c1-3-17-22-19(28-23-17)25-10-8-24(9-11-25)18(20-2)21-7-6-14-4-5-15-16(12-14)27-13-26-15/h4-5,12H,3,6-11,13H2,1-2H3,(H,20,21). The molecule has 4 rings (SSSR count). The van der Waals surface area contributed by atoms with Gasteiger partial charge in [0.25, 0.3) is 0 Å². The molecule has 150 valence electrons. The molecule has 1 fully saturated rings. The van der Waals surface area contributed by atoms with Gasteiger partial charge in [-0.25, -0.2) is 4.98 Å². The fourth-order valence-electron chi connectivity index (χ4n) is 3.37. The molecule has 0 amide bonds. The number of rotatable bonds is 5. The zero-order valence-electron chi connectivity index (χ0n) is 16.3. The van der Waals surface area contributed by atoms with Gasteiger partial charge >= 0.3 is 0 Å². The predicted octanol–water partition coefficient (Wildman–Crippen LogP) is 1.77. The molecule has 1 aromatic carbocycles. The van der Waals surface area contributed by atoms with Crippen LogP contribution in [0.5, 0.6) is 11.5 Å². The van der Waals surface area contributed by atoms with E-state index in [2.05, 4.69) is 48.5 Å². The molecule has 2 aliphatic rings. The first-order valence-corrected chi connectivity index (χ1v) is 10.5. The molecule has 1 N–H and O–H groups in total. The van der Waals surface area contributed by atoms with Crippen LogP contribution in [0.15, 0.2) is 23.2 Å². The number of aliphatic imine (C=N–C) groups is 1. The second-order valence-corrected chi connectivity index (χ2v) is 7.46. The van der Waals surface area contributed by atoms with Crippen LogP contribution in [-0.2, 0) is 12.8 Å². The maximum Gasteiger partial charge on any atom is 0.231 e. The minimum Gasteiger partial charge on any atom is -0.454 e. The summed E-state index contributed by atoms with van der Waals surface area (Å²) in [6.45, 7) is 6.93. The van der Waals surface area contributed by atoms with E-state index in [4.69, 9.17) is 9.47 Å². The van der Waals surface area contributed by atoms with Crippen molar-refractivity contribution in [3.05, 3.63) is 29.6 Å². The first-order chi connectivity index (χ1) is 13.8. The predicted molar refractivity (Wildman–Crippen MR) is 111 cm³/mol. The highest BCUT2D eigenvalue weighted by atomic mass is 32.1. The normalized spacial score (nSPS) is 16.6. The molecule has 28 heavy (non-hydrogen) atoms. The number of aromatic nitrogens is 2. The Balaban J connectivity index is 1.25. The third-order valence-electron chi connectivity index (χ3n) is 4.97. The fraction of sp³-hybridized carbons (Fsp3) is 0.526. The van der Waals surface area contributed by atoms with E-state index in [1.165, 1.54) is 17.1 Å². The number of guanidine groups is 1. The molecular weight excluding hydrogens is 376 g/mol. The van der Waals surface area contributed by atoms with Crippen molar-refractivity contribution in [1.82, 2.24) is 19.6 Å². The number of nitrogens with zero attached hydrogens (tertiary/aromatic N) is 5. The number of ether oxygens (including phenoxy) is 2. The Kier molecular flexibility index (Phi) is 5.80. The summed E-state index contributed by atoms with van der Waals surface area (Å²) in [4.78, 5) is 13.7. The summed E-state index contributed by atoms with van der Waals surface area (Å²) in [7, 11) is 1.84. The van der Waals surface area contributed by atoms with Crippen LogP contribution in [0.2, 0.25) is 0 Å². The number of hydrogen-bond acceptors (Lipinski definition) is 7. The molecule has 1 saturated heterocycles. The lowest BCUT2D eigenvalue weighted by atomic mass is 10.1. The summed E-state index contributed by atoms with van der Waals surface area (Å²) in [6.07, 6.45) is 1.79. The lowest BCUT2D eigenvalue weighted by molar-refractivity contribution is 0.174. The van der Waals surface area contributed by atoms with Gasteiger partial charge < -0.3 is 24.6 Å². The number of benzene rings is 1. The van der Waals surface area contributed by atoms with E-state index < -0.39 is 0 Å². The first-order valence-electron chi connectivity index (χ1n) is 9.68. The third-order valence-corrected chi connectivity index (χ3v) is 5.78. The monoisotopic (exact) mass is 402 g/mol. The summed E-state index contributed by atoms with van der Waals surface area (Å²) in [6, 6.07) is 6.12. The van der Waals surface area contributed by atoms with E-state index in [0.717, 1.165) is 74.0 Å². The number of fused-ring (bicyclic) bond motifs is 1. The largest absolute Gasteiger partial charge is 0.454 e. The van der Waals surface area contributed by atoms with Gasteiger partial charge in [0.2, 0.25) is 11.9 Å². The van der Waals surface area contributed by atoms with Crippen molar-refractivity contribution in [3.63, 3.8) is 0 Å². The minimum absolute atomic E-state index is 0.312. The van der Waals surface area contributed by atoms with E-state index >= 15 is 0 Å². The average Bonchev–Trinajstić information content (AvgIpc) is 3.40. The van der Waals surface area contributed by atoms with E-state index in [9.17, 15) is 0 Å². The van der Waals surface area contributed by atoms with Crippen molar-refractivity contribution in [2.75, 3.05) is 51.5 Å². The van der Waals surface area contributed by atoms with Crippen LogP contribution in [0.4, 0.5) is 5.13 Å². The molecule has 3 heterocycles. The second kappa shape index (κ2) is 8.64. The molecule has 0 radical (unpaired) electrons. The Morgan fingerprint density at radius 3 is 2.79 bits per heavy atom. The van der Waals surface area contributed by atoms with Gasteiger partial charge in [0.1, 0.15) is 5.82 Å². The summed E-state index contributed by atoms with van der Waals surface area (Å²) in [5.41, 5.74) is 1.22. The Labute approximate surface area is 169 Å². The molecule has 8 nitrogen and oxygen atoms in total. The lowest BCUT2D eigenvalue weighted by Crippen LogP contribution is -2.52. The molecule has 0 unspecified atom stereocenters. The van der Waals surface area contributed by atoms with Crippen LogP contribution in [-0.4, -0.2) is 66.8 Å². The fourth-order valence-corrected chi connectivity index (χ4v) is 4.17. The molecule has 2 aliphatic heterocycles. The summed E-state index contributed by atoms with van der Waals surface area (Å²) < 4.78 is 15.2. The Hall–Kier alpha value is -2.55. The second-order valence-electron chi connectivity index (χ2n) is 6.73. The zero-order chi connectivity index (χ0) is 19.3. The van der Waals surface area contributed by atoms with Crippen molar-refractivity contribution in [2.24, 2.45) is 4.99 Å². The van der Waals surface area contributed by atoms with Crippen LogP contribution in [0.1, 0.15) is 18.3 Å². The minimum atomic E-state index is 0.312. The first kappa shape index (κ1) is 18.8. The van der Waals surface area contributed by atoms with Crippen molar-refractivity contribution < 1.29 is 9.47 Å². The van der Waals surface area contributed by atoms with Crippen LogP contribution in [0, 0.1) is 0 Å². The smallest absolute Gasteiger partial charge is 0.231 e. The summed E-state index contributed by atoms with van der Waals surface area (Å²) in [5.74, 6) is 3.54. The molecule has 0 atom stereocenters. The van der Waals surface area contributed by atoms with Gasteiger partial charge in [0, 0.05) is 57.7 Å². The number of hydrogen-bond donors (Lipinski definition) is 1. The quantitative estimate of drug-likeness (QED) is 0.603. The number of nitrogens with one attached hydrogen (secondary N) is 1. The van der Waals surface area contributed by atoms with Crippen molar-refractivity contribution in [2.45, 2.75) is 19.8 Å². The molecular formula is C19H26N6O2S. The zero-order valence-corrected chi connectivity index (χ0v) is 17.2. The molecule has 0 bridgehead atoms. The maximum absolute atomic E-state index is 5.45. The topological polar surface area (TPSA) is 75.1 Å². The summed E-state index contributed by atoms with van der Waals surface area (Å²) >= 11 is 1.50.